The molecule has 0 aliphatic carbocycles. The number of aryl methyl sites for hydroxylation is 1. The van der Waals surface area contributed by atoms with E-state index < -0.39 is 0 Å². The minimum atomic E-state index is -0.202. The maximum atomic E-state index is 12.3. The molecule has 0 saturated carbocycles. The third kappa shape index (κ3) is 3.98. The number of allylic oxidation sites excluding steroid dienone is 3. The van der Waals surface area contributed by atoms with Gasteiger partial charge in [-0.15, -0.1) is 0 Å². The topological polar surface area (TPSA) is 42.2 Å². The van der Waals surface area contributed by atoms with E-state index in [1.807, 2.05) is 13.0 Å². The van der Waals surface area contributed by atoms with Crippen LogP contribution >= 0.6 is 0 Å². The van der Waals surface area contributed by atoms with Gasteiger partial charge in [0.25, 0.3) is 5.56 Å². The van der Waals surface area contributed by atoms with E-state index in [0.717, 1.165) is 41.7 Å². The zero-order valence-electron chi connectivity index (χ0n) is 14.4. The molecule has 3 heteroatoms. The van der Waals surface area contributed by atoms with Crippen molar-refractivity contribution in [2.45, 2.75) is 66.5 Å². The summed E-state index contributed by atoms with van der Waals surface area (Å²) in [6, 6.07) is 1.95. The van der Waals surface area contributed by atoms with Crippen LogP contribution in [-0.2, 0) is 13.2 Å². The first kappa shape index (κ1) is 18.4. The second kappa shape index (κ2) is 8.74. The zero-order valence-corrected chi connectivity index (χ0v) is 14.4. The molecule has 3 nitrogen and oxygen atoms in total. The van der Waals surface area contributed by atoms with Gasteiger partial charge in [0.05, 0.1) is 18.8 Å². The molecule has 1 aromatic heterocycles. The molecule has 0 saturated heterocycles. The number of fused-ring (bicyclic) bond motifs is 1. The van der Waals surface area contributed by atoms with E-state index in [9.17, 15) is 9.90 Å². The molecule has 0 unspecified atom stereocenters. The fourth-order valence-corrected chi connectivity index (χ4v) is 2.51. The van der Waals surface area contributed by atoms with Gasteiger partial charge in [0.2, 0.25) is 0 Å². The largest absolute Gasteiger partial charge is 0.391 e. The summed E-state index contributed by atoms with van der Waals surface area (Å²) in [5.41, 5.74) is 4.22. The van der Waals surface area contributed by atoms with E-state index in [2.05, 4.69) is 33.4 Å². The predicted molar refractivity (Wildman–Crippen MR) is 94.0 cm³/mol. The van der Waals surface area contributed by atoms with Crippen LogP contribution in [0.5, 0.6) is 0 Å². The molecule has 0 fully saturated rings. The van der Waals surface area contributed by atoms with Gasteiger partial charge >= 0.3 is 0 Å². The van der Waals surface area contributed by atoms with Crippen LogP contribution in [0.4, 0.5) is 0 Å². The second-order valence-electron chi connectivity index (χ2n) is 5.80. The standard InChI is InChI=1S/C16H21NO2.C3H8/c1-4-5-6-7-13-9-17-15(12(13)3)8-11(2)14(10-18)16(17)19;1-3-2/h7-8,18H,3-6,9-10H2,1-2H3;3H2,1-2H3/b13-7+;. The van der Waals surface area contributed by atoms with Crippen LogP contribution in [-0.4, -0.2) is 9.67 Å². The molecule has 0 amide bonds. The number of nitrogens with zero attached hydrogens (tertiary/aromatic N) is 1. The smallest absolute Gasteiger partial charge is 0.257 e. The van der Waals surface area contributed by atoms with Crippen LogP contribution in [0.3, 0.4) is 0 Å². The molecule has 1 aromatic rings. The molecule has 0 aromatic carbocycles. The Bertz CT molecular complexity index is 609. The van der Waals surface area contributed by atoms with Crippen molar-refractivity contribution in [3.8, 4) is 0 Å². The summed E-state index contributed by atoms with van der Waals surface area (Å²) in [5.74, 6) is 0. The molecule has 0 atom stereocenters. The van der Waals surface area contributed by atoms with Crippen LogP contribution in [0.15, 0.2) is 29.1 Å². The third-order valence-electron chi connectivity index (χ3n) is 3.76. The van der Waals surface area contributed by atoms with E-state index in [4.69, 9.17) is 0 Å². The Labute approximate surface area is 134 Å². The van der Waals surface area contributed by atoms with E-state index in [1.165, 1.54) is 6.42 Å². The number of pyridine rings is 1. The summed E-state index contributed by atoms with van der Waals surface area (Å²) in [7, 11) is 0. The molecular formula is C19H29NO2. The molecule has 2 rings (SSSR count). The van der Waals surface area contributed by atoms with Gasteiger partial charge in [-0.1, -0.05) is 52.7 Å². The molecule has 0 spiro atoms. The maximum absolute atomic E-state index is 12.3. The van der Waals surface area contributed by atoms with Gasteiger partial charge < -0.3 is 9.67 Å². The fraction of sp³-hybridized carbons (Fsp3) is 0.526. The fourth-order valence-electron chi connectivity index (χ4n) is 2.51. The molecule has 1 N–H and O–H groups in total. The normalized spacial score (nSPS) is 14.8. The summed E-state index contributed by atoms with van der Waals surface area (Å²) in [5, 5.41) is 9.29. The maximum Gasteiger partial charge on any atom is 0.257 e. The zero-order chi connectivity index (χ0) is 16.7. The van der Waals surface area contributed by atoms with Crippen molar-refractivity contribution in [3.63, 3.8) is 0 Å². The Balaban J connectivity index is 0.000000745. The second-order valence-corrected chi connectivity index (χ2v) is 5.80. The molecule has 0 bridgehead atoms. The van der Waals surface area contributed by atoms with E-state index in [-0.39, 0.29) is 12.2 Å². The van der Waals surface area contributed by atoms with Gasteiger partial charge in [-0.05, 0) is 36.1 Å². The SMILES string of the molecule is C=C1/C(=C/CCCC)Cn2c1cc(C)c(CO)c2=O.CCC. The highest BCUT2D eigenvalue weighted by Crippen LogP contribution is 2.30. The summed E-state index contributed by atoms with van der Waals surface area (Å²) in [4.78, 5) is 12.3. The van der Waals surface area contributed by atoms with Gasteiger partial charge in [0, 0.05) is 5.56 Å². The van der Waals surface area contributed by atoms with Crippen LogP contribution in [0.25, 0.3) is 5.57 Å². The first-order valence-corrected chi connectivity index (χ1v) is 8.24. The third-order valence-corrected chi connectivity index (χ3v) is 3.76. The minimum absolute atomic E-state index is 0.0856. The Morgan fingerprint density at radius 3 is 2.55 bits per heavy atom. The van der Waals surface area contributed by atoms with Crippen molar-refractivity contribution < 1.29 is 5.11 Å². The highest BCUT2D eigenvalue weighted by atomic mass is 16.3. The van der Waals surface area contributed by atoms with Crippen molar-refractivity contribution in [1.29, 1.82) is 0 Å². The van der Waals surface area contributed by atoms with Gasteiger partial charge in [0.1, 0.15) is 0 Å². The first-order valence-electron chi connectivity index (χ1n) is 8.24. The monoisotopic (exact) mass is 303 g/mol. The summed E-state index contributed by atoms with van der Waals surface area (Å²) in [6.07, 6.45) is 6.78. The Kier molecular flexibility index (Phi) is 7.33. The molecule has 1 aliphatic heterocycles. The molecule has 1 aliphatic rings. The molecule has 0 radical (unpaired) electrons. The van der Waals surface area contributed by atoms with Gasteiger partial charge in [0.15, 0.2) is 0 Å². The lowest BCUT2D eigenvalue weighted by Crippen LogP contribution is -2.24. The van der Waals surface area contributed by atoms with Crippen LogP contribution < -0.4 is 5.56 Å². The number of aliphatic hydroxyl groups is 1. The van der Waals surface area contributed by atoms with E-state index in [0.29, 0.717) is 12.1 Å². The summed E-state index contributed by atoms with van der Waals surface area (Å²) in [6.45, 7) is 12.8. The summed E-state index contributed by atoms with van der Waals surface area (Å²) >= 11 is 0. The van der Waals surface area contributed by atoms with Gasteiger partial charge in [-0.3, -0.25) is 4.79 Å². The highest BCUT2D eigenvalue weighted by molar-refractivity contribution is 5.78. The average molecular weight is 303 g/mol. The number of aromatic nitrogens is 1. The van der Waals surface area contributed by atoms with E-state index in [1.54, 1.807) is 4.57 Å². The first-order chi connectivity index (χ1) is 10.5. The molecule has 22 heavy (non-hydrogen) atoms. The highest BCUT2D eigenvalue weighted by Gasteiger charge is 2.22. The van der Waals surface area contributed by atoms with Crippen LogP contribution in [0.2, 0.25) is 0 Å². The Morgan fingerprint density at radius 2 is 2.00 bits per heavy atom. The van der Waals surface area contributed by atoms with E-state index >= 15 is 0 Å². The van der Waals surface area contributed by atoms with Crippen molar-refractivity contribution in [1.82, 2.24) is 4.57 Å². The average Bonchev–Trinajstić information content (AvgIpc) is 2.78. The van der Waals surface area contributed by atoms with Crippen LogP contribution in [0.1, 0.15) is 63.3 Å². The lowest BCUT2D eigenvalue weighted by Gasteiger charge is -2.07. The quantitative estimate of drug-likeness (QED) is 0.847. The van der Waals surface area contributed by atoms with Crippen molar-refractivity contribution >= 4 is 5.57 Å². The van der Waals surface area contributed by atoms with Gasteiger partial charge in [-0.25, -0.2) is 0 Å². The Hall–Kier alpha value is -1.61. The van der Waals surface area contributed by atoms with Crippen molar-refractivity contribution in [3.05, 3.63) is 51.5 Å². The Morgan fingerprint density at radius 1 is 1.36 bits per heavy atom. The lowest BCUT2D eigenvalue weighted by atomic mass is 10.0. The number of hydrogen-bond donors (Lipinski definition) is 1. The number of hydrogen-bond acceptors (Lipinski definition) is 2. The number of unbranched alkanes of at least 4 members (excludes halogenated alkanes) is 2. The lowest BCUT2D eigenvalue weighted by molar-refractivity contribution is 0.278. The molecular weight excluding hydrogens is 274 g/mol. The van der Waals surface area contributed by atoms with Gasteiger partial charge in [-0.2, -0.15) is 0 Å². The number of aliphatic hydroxyl groups excluding tert-OH is 1. The van der Waals surface area contributed by atoms with Crippen molar-refractivity contribution in [2.75, 3.05) is 0 Å². The predicted octanol–water partition coefficient (Wildman–Crippen LogP) is 4.21. The molecule has 122 valence electrons. The summed E-state index contributed by atoms with van der Waals surface area (Å²) < 4.78 is 1.72. The number of rotatable bonds is 4. The minimum Gasteiger partial charge on any atom is -0.391 e. The molecule has 2 heterocycles. The van der Waals surface area contributed by atoms with Crippen molar-refractivity contribution in [2.24, 2.45) is 0 Å². The van der Waals surface area contributed by atoms with Crippen LogP contribution in [0, 0.1) is 6.92 Å².